The number of amides is 1. The van der Waals surface area contributed by atoms with Crippen molar-refractivity contribution >= 4 is 5.91 Å². The molecule has 0 aromatic rings. The second-order valence-electron chi connectivity index (χ2n) is 3.40. The third kappa shape index (κ3) is 2.56. The molecular formula is C10H17NO2. The zero-order chi connectivity index (χ0) is 9.68. The fourth-order valence-electron chi connectivity index (χ4n) is 1.87. The second-order valence-corrected chi connectivity index (χ2v) is 3.40. The number of carbonyl (C=O) groups is 1. The molecule has 1 saturated heterocycles. The van der Waals surface area contributed by atoms with Crippen molar-refractivity contribution in [1.29, 1.82) is 0 Å². The molecule has 1 aliphatic heterocycles. The van der Waals surface area contributed by atoms with Gasteiger partial charge in [0.05, 0.1) is 0 Å². The van der Waals surface area contributed by atoms with E-state index in [1.54, 1.807) is 0 Å². The maximum atomic E-state index is 11.3. The molecule has 0 radical (unpaired) electrons. The molecule has 1 aliphatic rings. The van der Waals surface area contributed by atoms with Gasteiger partial charge in [-0.05, 0) is 31.8 Å². The van der Waals surface area contributed by atoms with Crippen LogP contribution in [0.2, 0.25) is 0 Å². The minimum absolute atomic E-state index is 0.0282. The van der Waals surface area contributed by atoms with E-state index in [4.69, 9.17) is 5.11 Å². The van der Waals surface area contributed by atoms with E-state index < -0.39 is 0 Å². The zero-order valence-electron chi connectivity index (χ0n) is 7.91. The fourth-order valence-corrected chi connectivity index (χ4v) is 1.87. The number of rotatable bonds is 4. The van der Waals surface area contributed by atoms with Crippen molar-refractivity contribution in [2.24, 2.45) is 0 Å². The largest absolute Gasteiger partial charge is 0.396 e. The van der Waals surface area contributed by atoms with Crippen LogP contribution in [0.15, 0.2) is 12.7 Å². The number of nitrogens with zero attached hydrogens (tertiary/aromatic N) is 1. The monoisotopic (exact) mass is 183 g/mol. The van der Waals surface area contributed by atoms with Crippen molar-refractivity contribution in [3.63, 3.8) is 0 Å². The SMILES string of the molecule is C=CC(=O)N1CCC[C@H]1CCCO. The van der Waals surface area contributed by atoms with Gasteiger partial charge in [0.2, 0.25) is 5.91 Å². The standard InChI is InChI=1S/C10H17NO2/c1-2-10(13)11-7-3-5-9(11)6-4-8-12/h2,9,12H,1,3-8H2/t9-/m0/s1. The summed E-state index contributed by atoms with van der Waals surface area (Å²) in [6.07, 6.45) is 5.22. The van der Waals surface area contributed by atoms with Crippen LogP contribution in [-0.4, -0.2) is 35.1 Å². The number of carbonyl (C=O) groups excluding carboxylic acids is 1. The highest BCUT2D eigenvalue weighted by Gasteiger charge is 2.26. The molecule has 0 aliphatic carbocycles. The predicted octanol–water partition coefficient (Wildman–Crippen LogP) is 0.936. The molecule has 1 heterocycles. The van der Waals surface area contributed by atoms with E-state index in [1.165, 1.54) is 6.08 Å². The molecule has 1 rings (SSSR count). The van der Waals surface area contributed by atoms with Crippen LogP contribution in [-0.2, 0) is 4.79 Å². The van der Waals surface area contributed by atoms with E-state index in [2.05, 4.69) is 6.58 Å². The Morgan fingerprint density at radius 3 is 3.08 bits per heavy atom. The van der Waals surface area contributed by atoms with Gasteiger partial charge in [0.1, 0.15) is 0 Å². The summed E-state index contributed by atoms with van der Waals surface area (Å²) in [7, 11) is 0. The van der Waals surface area contributed by atoms with Gasteiger partial charge in [-0.15, -0.1) is 0 Å². The van der Waals surface area contributed by atoms with Crippen LogP contribution < -0.4 is 0 Å². The van der Waals surface area contributed by atoms with E-state index in [-0.39, 0.29) is 12.5 Å². The van der Waals surface area contributed by atoms with Crippen LogP contribution in [0.5, 0.6) is 0 Å². The Morgan fingerprint density at radius 2 is 2.46 bits per heavy atom. The molecule has 1 amide bonds. The lowest BCUT2D eigenvalue weighted by molar-refractivity contribution is -0.126. The van der Waals surface area contributed by atoms with Crippen LogP contribution in [0.25, 0.3) is 0 Å². The number of hydrogen-bond acceptors (Lipinski definition) is 2. The second kappa shape index (κ2) is 5.02. The van der Waals surface area contributed by atoms with Gasteiger partial charge in [-0.2, -0.15) is 0 Å². The Morgan fingerprint density at radius 1 is 1.69 bits per heavy atom. The average molecular weight is 183 g/mol. The maximum Gasteiger partial charge on any atom is 0.246 e. The Kier molecular flexibility index (Phi) is 3.96. The highest BCUT2D eigenvalue weighted by molar-refractivity contribution is 5.87. The van der Waals surface area contributed by atoms with Gasteiger partial charge >= 0.3 is 0 Å². The van der Waals surface area contributed by atoms with Gasteiger partial charge in [0.25, 0.3) is 0 Å². The Balaban J connectivity index is 2.43. The predicted molar refractivity (Wildman–Crippen MR) is 51.3 cm³/mol. The molecule has 1 fully saturated rings. The molecular weight excluding hydrogens is 166 g/mol. The fraction of sp³-hybridized carbons (Fsp3) is 0.700. The van der Waals surface area contributed by atoms with Gasteiger partial charge in [0, 0.05) is 19.2 Å². The van der Waals surface area contributed by atoms with Crippen molar-refractivity contribution in [3.8, 4) is 0 Å². The third-order valence-corrected chi connectivity index (χ3v) is 2.53. The molecule has 0 aromatic carbocycles. The summed E-state index contributed by atoms with van der Waals surface area (Å²) in [6, 6.07) is 0.331. The maximum absolute atomic E-state index is 11.3. The molecule has 0 aromatic heterocycles. The summed E-state index contributed by atoms with van der Waals surface area (Å²) in [5, 5.41) is 8.69. The van der Waals surface area contributed by atoms with Gasteiger partial charge in [-0.3, -0.25) is 4.79 Å². The zero-order valence-corrected chi connectivity index (χ0v) is 7.91. The van der Waals surface area contributed by atoms with Gasteiger partial charge < -0.3 is 10.0 Å². The lowest BCUT2D eigenvalue weighted by atomic mass is 10.1. The van der Waals surface area contributed by atoms with Crippen LogP contribution in [0.4, 0.5) is 0 Å². The van der Waals surface area contributed by atoms with E-state index in [0.717, 1.165) is 32.2 Å². The van der Waals surface area contributed by atoms with Gasteiger partial charge in [0.15, 0.2) is 0 Å². The molecule has 1 N–H and O–H groups in total. The van der Waals surface area contributed by atoms with Crippen molar-refractivity contribution in [3.05, 3.63) is 12.7 Å². The Hall–Kier alpha value is -0.830. The highest BCUT2D eigenvalue weighted by atomic mass is 16.3. The van der Waals surface area contributed by atoms with E-state index in [9.17, 15) is 4.79 Å². The Bertz CT molecular complexity index is 191. The highest BCUT2D eigenvalue weighted by Crippen LogP contribution is 2.21. The number of aliphatic hydroxyl groups is 1. The molecule has 13 heavy (non-hydrogen) atoms. The molecule has 3 nitrogen and oxygen atoms in total. The van der Waals surface area contributed by atoms with Gasteiger partial charge in [-0.25, -0.2) is 0 Å². The summed E-state index contributed by atoms with van der Waals surface area (Å²) < 4.78 is 0. The van der Waals surface area contributed by atoms with Crippen LogP contribution >= 0.6 is 0 Å². The van der Waals surface area contributed by atoms with Gasteiger partial charge in [-0.1, -0.05) is 6.58 Å². The molecule has 3 heteroatoms. The van der Waals surface area contributed by atoms with Crippen LogP contribution in [0, 0.1) is 0 Å². The first-order valence-electron chi connectivity index (χ1n) is 4.83. The Labute approximate surface area is 79.0 Å². The smallest absolute Gasteiger partial charge is 0.246 e. The summed E-state index contributed by atoms with van der Waals surface area (Å²) in [4.78, 5) is 13.2. The van der Waals surface area contributed by atoms with Crippen molar-refractivity contribution < 1.29 is 9.90 Å². The van der Waals surface area contributed by atoms with Crippen molar-refractivity contribution in [1.82, 2.24) is 4.90 Å². The summed E-state index contributed by atoms with van der Waals surface area (Å²) in [6.45, 7) is 4.54. The number of aliphatic hydroxyl groups excluding tert-OH is 1. The molecule has 74 valence electrons. The molecule has 0 unspecified atom stereocenters. The first-order valence-corrected chi connectivity index (χ1v) is 4.83. The molecule has 0 saturated carbocycles. The van der Waals surface area contributed by atoms with E-state index in [0.29, 0.717) is 6.04 Å². The summed E-state index contributed by atoms with van der Waals surface area (Å²) in [5.41, 5.74) is 0. The lowest BCUT2D eigenvalue weighted by Crippen LogP contribution is -2.34. The lowest BCUT2D eigenvalue weighted by Gasteiger charge is -2.22. The molecule has 1 atom stereocenters. The first-order chi connectivity index (χ1) is 6.29. The summed E-state index contributed by atoms with van der Waals surface area (Å²) >= 11 is 0. The minimum atomic E-state index is 0.0282. The quantitative estimate of drug-likeness (QED) is 0.659. The number of hydrogen-bond donors (Lipinski definition) is 1. The van der Waals surface area contributed by atoms with E-state index in [1.807, 2.05) is 4.90 Å². The van der Waals surface area contributed by atoms with Crippen molar-refractivity contribution in [2.75, 3.05) is 13.2 Å². The first kappa shape index (κ1) is 10.3. The number of likely N-dealkylation sites (tertiary alicyclic amines) is 1. The average Bonchev–Trinajstić information content (AvgIpc) is 2.61. The third-order valence-electron chi connectivity index (χ3n) is 2.53. The topological polar surface area (TPSA) is 40.5 Å². The summed E-state index contributed by atoms with van der Waals surface area (Å²) in [5.74, 6) is 0.0282. The van der Waals surface area contributed by atoms with Crippen LogP contribution in [0.3, 0.4) is 0 Å². The normalized spacial score (nSPS) is 21.9. The van der Waals surface area contributed by atoms with E-state index >= 15 is 0 Å². The van der Waals surface area contributed by atoms with Crippen LogP contribution in [0.1, 0.15) is 25.7 Å². The molecule has 0 bridgehead atoms. The van der Waals surface area contributed by atoms with Crippen molar-refractivity contribution in [2.45, 2.75) is 31.7 Å². The minimum Gasteiger partial charge on any atom is -0.396 e. The molecule has 0 spiro atoms.